The van der Waals surface area contributed by atoms with Crippen LogP contribution in [0.3, 0.4) is 0 Å². The predicted molar refractivity (Wildman–Crippen MR) is 102 cm³/mol. The fourth-order valence-corrected chi connectivity index (χ4v) is 4.97. The van der Waals surface area contributed by atoms with Gasteiger partial charge in [-0.25, -0.2) is 17.1 Å². The molecule has 0 atom stereocenters. The molecule has 28 heavy (non-hydrogen) atoms. The van der Waals surface area contributed by atoms with Crippen LogP contribution in [-0.4, -0.2) is 36.0 Å². The molecular weight excluding hydrogens is 381 g/mol. The van der Waals surface area contributed by atoms with Crippen LogP contribution in [0.5, 0.6) is 0 Å². The van der Waals surface area contributed by atoms with E-state index in [-0.39, 0.29) is 11.7 Å². The van der Waals surface area contributed by atoms with Crippen molar-refractivity contribution in [2.24, 2.45) is 0 Å². The van der Waals surface area contributed by atoms with Crippen molar-refractivity contribution in [2.75, 3.05) is 13.1 Å². The molecule has 0 unspecified atom stereocenters. The number of piperidine rings is 1. The topological polar surface area (TPSA) is 76.3 Å². The van der Waals surface area contributed by atoms with Crippen LogP contribution in [0.4, 0.5) is 4.39 Å². The van der Waals surface area contributed by atoms with Crippen molar-refractivity contribution in [3.8, 4) is 11.4 Å². The van der Waals surface area contributed by atoms with Crippen LogP contribution in [-0.2, 0) is 15.8 Å². The second-order valence-electron chi connectivity index (χ2n) is 6.88. The maximum absolute atomic E-state index is 13.3. The van der Waals surface area contributed by atoms with Crippen LogP contribution in [0.15, 0.2) is 59.1 Å². The third-order valence-electron chi connectivity index (χ3n) is 4.91. The molecule has 2 aromatic carbocycles. The number of nitrogens with zero attached hydrogens (tertiary/aromatic N) is 3. The number of hydrogen-bond acceptors (Lipinski definition) is 5. The summed E-state index contributed by atoms with van der Waals surface area (Å²) in [5.41, 5.74) is 1.33. The molecule has 3 aromatic rings. The molecule has 146 valence electrons. The fourth-order valence-electron chi connectivity index (χ4n) is 3.42. The lowest BCUT2D eigenvalue weighted by molar-refractivity contribution is 0.270. The molecule has 0 radical (unpaired) electrons. The van der Waals surface area contributed by atoms with Gasteiger partial charge < -0.3 is 4.52 Å². The smallest absolute Gasteiger partial charge is 0.230 e. The van der Waals surface area contributed by atoms with Gasteiger partial charge in [0.05, 0.1) is 5.75 Å². The van der Waals surface area contributed by atoms with Crippen molar-refractivity contribution in [3.05, 3.63) is 71.9 Å². The molecule has 0 N–H and O–H groups in total. The maximum Gasteiger partial charge on any atom is 0.230 e. The normalized spacial score (nSPS) is 16.3. The highest BCUT2D eigenvalue weighted by atomic mass is 32.2. The second kappa shape index (κ2) is 7.81. The van der Waals surface area contributed by atoms with Crippen LogP contribution in [0.25, 0.3) is 11.4 Å². The maximum atomic E-state index is 13.3. The first-order valence-corrected chi connectivity index (χ1v) is 10.7. The molecule has 1 aromatic heterocycles. The van der Waals surface area contributed by atoms with Gasteiger partial charge in [-0.2, -0.15) is 4.98 Å². The number of rotatable bonds is 5. The summed E-state index contributed by atoms with van der Waals surface area (Å²) in [4.78, 5) is 4.48. The monoisotopic (exact) mass is 401 g/mol. The number of aromatic nitrogens is 2. The van der Waals surface area contributed by atoms with Crippen LogP contribution in [0, 0.1) is 5.82 Å². The Kier molecular flexibility index (Phi) is 5.23. The molecule has 0 spiro atoms. The van der Waals surface area contributed by atoms with Gasteiger partial charge in [-0.05, 0) is 30.5 Å². The van der Waals surface area contributed by atoms with E-state index in [1.165, 1.54) is 22.5 Å². The zero-order valence-electron chi connectivity index (χ0n) is 15.2. The first-order chi connectivity index (χ1) is 13.5. The van der Waals surface area contributed by atoms with Crippen molar-refractivity contribution in [3.63, 3.8) is 0 Å². The van der Waals surface area contributed by atoms with Gasteiger partial charge in [0, 0.05) is 24.6 Å². The molecule has 4 rings (SSSR count). The molecule has 1 saturated heterocycles. The van der Waals surface area contributed by atoms with Gasteiger partial charge in [-0.15, -0.1) is 0 Å². The molecule has 0 saturated carbocycles. The Morgan fingerprint density at radius 2 is 1.82 bits per heavy atom. The van der Waals surface area contributed by atoms with E-state index in [2.05, 4.69) is 10.1 Å². The Labute approximate surface area is 163 Å². The summed E-state index contributed by atoms with van der Waals surface area (Å²) in [5, 5.41) is 4.04. The summed E-state index contributed by atoms with van der Waals surface area (Å²) in [7, 11) is -3.50. The molecule has 0 bridgehead atoms. The van der Waals surface area contributed by atoms with Gasteiger partial charge in [0.25, 0.3) is 0 Å². The summed E-state index contributed by atoms with van der Waals surface area (Å²) in [6.45, 7) is 0.761. The number of benzene rings is 2. The van der Waals surface area contributed by atoms with E-state index in [0.29, 0.717) is 43.2 Å². The molecule has 2 heterocycles. The van der Waals surface area contributed by atoms with Crippen LogP contribution < -0.4 is 0 Å². The molecule has 1 aliphatic rings. The first kappa shape index (κ1) is 18.8. The minimum absolute atomic E-state index is 0.0329. The molecule has 8 heteroatoms. The largest absolute Gasteiger partial charge is 0.339 e. The quantitative estimate of drug-likeness (QED) is 0.653. The number of hydrogen-bond donors (Lipinski definition) is 0. The van der Waals surface area contributed by atoms with E-state index in [1.54, 1.807) is 6.07 Å². The zero-order chi connectivity index (χ0) is 19.6. The van der Waals surface area contributed by atoms with E-state index in [0.717, 1.165) is 5.56 Å². The molecule has 0 amide bonds. The molecule has 1 aliphatic heterocycles. The second-order valence-corrected chi connectivity index (χ2v) is 8.85. The molecule has 6 nitrogen and oxygen atoms in total. The number of sulfonamides is 1. The van der Waals surface area contributed by atoms with Crippen LogP contribution in [0.2, 0.25) is 0 Å². The lowest BCUT2D eigenvalue weighted by Gasteiger charge is -2.29. The van der Waals surface area contributed by atoms with E-state index >= 15 is 0 Å². The zero-order valence-corrected chi connectivity index (χ0v) is 16.0. The average molecular weight is 401 g/mol. The van der Waals surface area contributed by atoms with Crippen molar-refractivity contribution >= 4 is 10.0 Å². The lowest BCUT2D eigenvalue weighted by atomic mass is 9.98. The van der Waals surface area contributed by atoms with Crippen LogP contribution in [0.1, 0.15) is 30.2 Å². The van der Waals surface area contributed by atoms with E-state index in [4.69, 9.17) is 4.52 Å². The minimum atomic E-state index is -3.50. The minimum Gasteiger partial charge on any atom is -0.339 e. The van der Waals surface area contributed by atoms with Gasteiger partial charge in [0.2, 0.25) is 21.7 Å². The highest BCUT2D eigenvalue weighted by Gasteiger charge is 2.31. The SMILES string of the molecule is O=S(=O)(Cc1cccc(F)c1)N1CCC(c2nc(-c3ccccc3)no2)CC1. The Bertz CT molecular complexity index is 1050. The number of halogens is 1. The first-order valence-electron chi connectivity index (χ1n) is 9.12. The summed E-state index contributed by atoms with van der Waals surface area (Å²) in [6.07, 6.45) is 1.22. The third-order valence-corrected chi connectivity index (χ3v) is 6.76. The van der Waals surface area contributed by atoms with E-state index < -0.39 is 15.8 Å². The lowest BCUT2D eigenvalue weighted by Crippen LogP contribution is -2.38. The highest BCUT2D eigenvalue weighted by Crippen LogP contribution is 2.30. The van der Waals surface area contributed by atoms with E-state index in [9.17, 15) is 12.8 Å². The Hall–Kier alpha value is -2.58. The van der Waals surface area contributed by atoms with Crippen molar-refractivity contribution < 1.29 is 17.3 Å². The van der Waals surface area contributed by atoms with E-state index in [1.807, 2.05) is 30.3 Å². The Balaban J connectivity index is 1.40. The molecule has 1 fully saturated rings. The fraction of sp³-hybridized carbons (Fsp3) is 0.300. The summed E-state index contributed by atoms with van der Waals surface area (Å²) in [6, 6.07) is 15.3. The summed E-state index contributed by atoms with van der Waals surface area (Å²) >= 11 is 0. The van der Waals surface area contributed by atoms with Crippen LogP contribution >= 0.6 is 0 Å². The van der Waals surface area contributed by atoms with Crippen molar-refractivity contribution in [2.45, 2.75) is 24.5 Å². The van der Waals surface area contributed by atoms with Crippen molar-refractivity contribution in [1.82, 2.24) is 14.4 Å². The molecular formula is C20H20FN3O3S. The van der Waals surface area contributed by atoms with Crippen molar-refractivity contribution in [1.29, 1.82) is 0 Å². The van der Waals surface area contributed by atoms with Gasteiger partial charge >= 0.3 is 0 Å². The van der Waals surface area contributed by atoms with Gasteiger partial charge in [0.1, 0.15) is 5.82 Å². The predicted octanol–water partition coefficient (Wildman–Crippen LogP) is 3.59. The summed E-state index contributed by atoms with van der Waals surface area (Å²) < 4.78 is 45.5. The Morgan fingerprint density at radius 3 is 2.54 bits per heavy atom. The van der Waals surface area contributed by atoms with Gasteiger partial charge in [-0.1, -0.05) is 47.6 Å². The van der Waals surface area contributed by atoms with Gasteiger partial charge in [0.15, 0.2) is 0 Å². The van der Waals surface area contributed by atoms with Gasteiger partial charge in [-0.3, -0.25) is 0 Å². The highest BCUT2D eigenvalue weighted by molar-refractivity contribution is 7.88. The Morgan fingerprint density at radius 1 is 1.07 bits per heavy atom. The standard InChI is InChI=1S/C20H20FN3O3S/c21-18-8-4-5-15(13-18)14-28(25,26)24-11-9-17(10-12-24)20-22-19(23-27-20)16-6-2-1-3-7-16/h1-8,13,17H,9-12,14H2. The summed E-state index contributed by atoms with van der Waals surface area (Å²) in [5.74, 6) is 0.481. The average Bonchev–Trinajstić information content (AvgIpc) is 3.19. The molecule has 0 aliphatic carbocycles. The third kappa shape index (κ3) is 4.13.